The van der Waals surface area contributed by atoms with Crippen LogP contribution < -0.4 is 9.47 Å². The third-order valence-corrected chi connectivity index (χ3v) is 6.39. The van der Waals surface area contributed by atoms with Crippen LogP contribution in [-0.4, -0.2) is 28.1 Å². The topological polar surface area (TPSA) is 113 Å². The third-order valence-electron chi connectivity index (χ3n) is 5.37. The van der Waals surface area contributed by atoms with E-state index in [4.69, 9.17) is 14.7 Å². The number of nitrogens with zero attached hydrogens (tertiary/aromatic N) is 2. The molecule has 1 heterocycles. The maximum atomic E-state index is 13.4. The molecule has 0 aliphatic rings. The van der Waals surface area contributed by atoms with Crippen LogP contribution >= 0.6 is 11.3 Å². The van der Waals surface area contributed by atoms with E-state index in [1.807, 2.05) is 0 Å². The second kappa shape index (κ2) is 10.4. The first kappa shape index (κ1) is 23.4. The molecule has 0 bridgehead atoms. The van der Waals surface area contributed by atoms with Crippen molar-refractivity contribution in [2.24, 2.45) is 0 Å². The molecule has 1 unspecified atom stereocenters. The molecule has 1 aromatic heterocycles. The first-order valence-electron chi connectivity index (χ1n) is 10.5. The minimum atomic E-state index is -0.894. The predicted octanol–water partition coefficient (Wildman–Crippen LogP) is 4.09. The summed E-state index contributed by atoms with van der Waals surface area (Å²) in [4.78, 5) is 17.9. The Morgan fingerprint density at radius 2 is 1.68 bits per heavy atom. The number of aliphatic hydroxyl groups excluding tert-OH is 2. The molecule has 0 saturated heterocycles. The molecule has 4 aromatic rings. The van der Waals surface area contributed by atoms with Gasteiger partial charge in [0.2, 0.25) is 0 Å². The average molecular weight is 475 g/mol. The van der Waals surface area contributed by atoms with Gasteiger partial charge < -0.3 is 19.7 Å². The Labute approximate surface area is 200 Å². The van der Waals surface area contributed by atoms with E-state index in [0.29, 0.717) is 44.3 Å². The quantitative estimate of drug-likeness (QED) is 0.376. The smallest absolute Gasteiger partial charge is 0.184 e. The Morgan fingerprint density at radius 3 is 2.29 bits per heavy atom. The maximum absolute atomic E-state index is 13.4. The Morgan fingerprint density at radius 1 is 1.03 bits per heavy atom. The Balaban J connectivity index is 1.63. The molecule has 0 radical (unpaired) electrons. The van der Waals surface area contributed by atoms with Gasteiger partial charge in [0.15, 0.2) is 11.9 Å². The molecule has 1 atom stereocenters. The largest absolute Gasteiger partial charge is 0.497 e. The molecule has 34 heavy (non-hydrogen) atoms. The van der Waals surface area contributed by atoms with Crippen LogP contribution in [0.1, 0.15) is 33.4 Å². The number of benzene rings is 3. The summed E-state index contributed by atoms with van der Waals surface area (Å²) < 4.78 is 12.1. The van der Waals surface area contributed by atoms with Crippen molar-refractivity contribution >= 4 is 27.3 Å². The van der Waals surface area contributed by atoms with Crippen molar-refractivity contribution in [1.29, 1.82) is 5.26 Å². The van der Waals surface area contributed by atoms with Gasteiger partial charge in [-0.1, -0.05) is 12.1 Å². The first-order valence-corrected chi connectivity index (χ1v) is 11.3. The lowest BCUT2D eigenvalue weighted by Gasteiger charge is -2.18. The van der Waals surface area contributed by atoms with E-state index in [9.17, 15) is 15.0 Å². The normalized spacial score (nSPS) is 11.7. The summed E-state index contributed by atoms with van der Waals surface area (Å²) in [7, 11) is 1.57. The van der Waals surface area contributed by atoms with Gasteiger partial charge in [-0.3, -0.25) is 4.79 Å². The van der Waals surface area contributed by atoms with Crippen LogP contribution in [0.15, 0.2) is 60.7 Å². The average Bonchev–Trinajstić information content (AvgIpc) is 3.27. The molecule has 0 aliphatic carbocycles. The number of aromatic nitrogens is 1. The summed E-state index contributed by atoms with van der Waals surface area (Å²) in [6.45, 7) is -0.386. The number of fused-ring (bicyclic) bond motifs is 1. The number of carbonyl (C=O) groups excluding carboxylic acids is 1. The van der Waals surface area contributed by atoms with E-state index in [1.165, 1.54) is 11.3 Å². The predicted molar refractivity (Wildman–Crippen MR) is 128 cm³/mol. The fourth-order valence-corrected chi connectivity index (χ4v) is 4.58. The number of ether oxygens (including phenoxy) is 2. The number of methoxy groups -OCH3 is 1. The maximum Gasteiger partial charge on any atom is 0.184 e. The molecular formula is C26H22N2O5S. The van der Waals surface area contributed by atoms with E-state index in [2.05, 4.69) is 11.1 Å². The fourth-order valence-electron chi connectivity index (χ4n) is 3.56. The lowest BCUT2D eigenvalue weighted by Crippen LogP contribution is -2.21. The van der Waals surface area contributed by atoms with Gasteiger partial charge in [-0.25, -0.2) is 4.98 Å². The van der Waals surface area contributed by atoms with Gasteiger partial charge in [0.1, 0.15) is 16.5 Å². The molecule has 7 nitrogen and oxygen atoms in total. The zero-order valence-electron chi connectivity index (χ0n) is 18.4. The molecule has 8 heteroatoms. The van der Waals surface area contributed by atoms with Crippen molar-refractivity contribution in [1.82, 2.24) is 4.98 Å². The highest BCUT2D eigenvalue weighted by molar-refractivity contribution is 7.18. The molecule has 2 N–H and O–H groups in total. The van der Waals surface area contributed by atoms with Gasteiger partial charge in [0, 0.05) is 0 Å². The van der Waals surface area contributed by atoms with E-state index in [-0.39, 0.29) is 25.4 Å². The standard InChI is InChI=1S/C26H22N2O5S/c1-32-20-6-8-21(9-7-20)33-26(17-4-2-16(13-27)3-5-17)23(31)12-25-28-22-10-18(14-29)19(15-30)11-24(22)34-25/h2-11,26,29-30H,12,14-15H2,1H3. The van der Waals surface area contributed by atoms with Crippen molar-refractivity contribution in [3.8, 4) is 17.6 Å². The fraction of sp³-hybridized carbons (Fsp3) is 0.192. The van der Waals surface area contributed by atoms with Crippen LogP contribution in [0.4, 0.5) is 0 Å². The molecule has 0 aliphatic heterocycles. The molecule has 172 valence electrons. The van der Waals surface area contributed by atoms with E-state index in [1.54, 1.807) is 67.8 Å². The third kappa shape index (κ3) is 5.07. The zero-order valence-corrected chi connectivity index (χ0v) is 19.2. The molecule has 0 saturated carbocycles. The molecular weight excluding hydrogens is 452 g/mol. The monoisotopic (exact) mass is 474 g/mol. The summed E-state index contributed by atoms with van der Waals surface area (Å²) in [6.07, 6.45) is -0.850. The number of Topliss-reactive ketones (excluding diaryl/α,β-unsaturated/α-hetero) is 1. The number of hydrogen-bond acceptors (Lipinski definition) is 8. The van der Waals surface area contributed by atoms with E-state index in [0.717, 1.165) is 4.70 Å². The number of hydrogen-bond donors (Lipinski definition) is 2. The summed E-state index contributed by atoms with van der Waals surface area (Å²) >= 11 is 1.36. The van der Waals surface area contributed by atoms with Crippen molar-refractivity contribution in [2.75, 3.05) is 7.11 Å². The summed E-state index contributed by atoms with van der Waals surface area (Å²) in [5.74, 6) is 0.991. The van der Waals surface area contributed by atoms with Gasteiger partial charge >= 0.3 is 0 Å². The molecule has 0 fully saturated rings. The number of nitriles is 1. The first-order chi connectivity index (χ1) is 16.5. The Kier molecular flexibility index (Phi) is 7.18. The SMILES string of the molecule is COc1ccc(OC(C(=O)Cc2nc3cc(CO)c(CO)cc3s2)c2ccc(C#N)cc2)cc1. The van der Waals surface area contributed by atoms with Crippen LogP contribution in [0, 0.1) is 11.3 Å². The second-order valence-electron chi connectivity index (χ2n) is 7.56. The van der Waals surface area contributed by atoms with Crippen molar-refractivity contribution in [3.05, 3.63) is 87.9 Å². The number of thiazole rings is 1. The number of aliphatic hydroxyl groups is 2. The van der Waals surface area contributed by atoms with Crippen molar-refractivity contribution < 1.29 is 24.5 Å². The summed E-state index contributed by atoms with van der Waals surface area (Å²) in [5, 5.41) is 28.8. The van der Waals surface area contributed by atoms with Crippen LogP contribution in [0.2, 0.25) is 0 Å². The van der Waals surface area contributed by atoms with E-state index < -0.39 is 6.10 Å². The van der Waals surface area contributed by atoms with Crippen molar-refractivity contribution in [2.45, 2.75) is 25.7 Å². The highest BCUT2D eigenvalue weighted by Crippen LogP contribution is 2.30. The number of carbonyl (C=O) groups is 1. The highest BCUT2D eigenvalue weighted by Gasteiger charge is 2.24. The summed E-state index contributed by atoms with van der Waals surface area (Å²) in [5.41, 5.74) is 3.03. The van der Waals surface area contributed by atoms with E-state index >= 15 is 0 Å². The molecule has 0 amide bonds. The minimum Gasteiger partial charge on any atom is -0.497 e. The lowest BCUT2D eigenvalue weighted by atomic mass is 10.0. The van der Waals surface area contributed by atoms with Crippen LogP contribution in [-0.2, 0) is 24.4 Å². The highest BCUT2D eigenvalue weighted by atomic mass is 32.1. The second-order valence-corrected chi connectivity index (χ2v) is 8.68. The van der Waals surface area contributed by atoms with Crippen LogP contribution in [0.5, 0.6) is 11.5 Å². The number of rotatable bonds is 9. The minimum absolute atomic E-state index is 0.0447. The number of ketones is 1. The Hall–Kier alpha value is -3.77. The molecule has 4 rings (SSSR count). The van der Waals surface area contributed by atoms with Crippen LogP contribution in [0.3, 0.4) is 0 Å². The van der Waals surface area contributed by atoms with Crippen molar-refractivity contribution in [3.63, 3.8) is 0 Å². The summed E-state index contributed by atoms with van der Waals surface area (Å²) in [6, 6.07) is 19.3. The van der Waals surface area contributed by atoms with Gasteiger partial charge in [0.25, 0.3) is 0 Å². The Bertz CT molecular complexity index is 1300. The lowest BCUT2D eigenvalue weighted by molar-refractivity contribution is -0.125. The van der Waals surface area contributed by atoms with Gasteiger partial charge in [-0.2, -0.15) is 5.26 Å². The molecule has 0 spiro atoms. The van der Waals surface area contributed by atoms with Gasteiger partial charge in [0.05, 0.1) is 48.6 Å². The van der Waals surface area contributed by atoms with Gasteiger partial charge in [-0.05, 0) is 65.2 Å². The molecule has 3 aromatic carbocycles. The zero-order chi connectivity index (χ0) is 24.1. The van der Waals surface area contributed by atoms with Gasteiger partial charge in [-0.15, -0.1) is 11.3 Å². The van der Waals surface area contributed by atoms with Crippen LogP contribution in [0.25, 0.3) is 10.2 Å².